The number of piperidine rings is 1. The fourth-order valence-corrected chi connectivity index (χ4v) is 4.94. The highest BCUT2D eigenvalue weighted by atomic mass is 16.8. The Kier molecular flexibility index (Phi) is 6.30. The minimum Gasteiger partial charge on any atom is -0.492 e. The van der Waals surface area contributed by atoms with Crippen LogP contribution in [0.3, 0.4) is 0 Å². The monoisotopic (exact) mass is 476 g/mol. The van der Waals surface area contributed by atoms with E-state index in [1.165, 1.54) is 4.90 Å². The summed E-state index contributed by atoms with van der Waals surface area (Å²) in [6.07, 6.45) is 3.78. The molecule has 182 valence electrons. The maximum atomic E-state index is 13.3. The maximum absolute atomic E-state index is 13.3. The number of hydrogen-bond acceptors (Lipinski definition) is 7. The quantitative estimate of drug-likeness (QED) is 0.593. The first-order valence-corrected chi connectivity index (χ1v) is 11.9. The highest BCUT2D eigenvalue weighted by molar-refractivity contribution is 6.01. The molecule has 0 bridgehead atoms. The molecule has 1 amide bonds. The van der Waals surface area contributed by atoms with E-state index < -0.39 is 17.8 Å². The molecular formula is C27H28N2O6. The number of hydrogen-bond donors (Lipinski definition) is 0. The van der Waals surface area contributed by atoms with Gasteiger partial charge in [0.1, 0.15) is 12.4 Å². The summed E-state index contributed by atoms with van der Waals surface area (Å²) in [7, 11) is 0. The summed E-state index contributed by atoms with van der Waals surface area (Å²) in [6, 6.07) is 14.8. The van der Waals surface area contributed by atoms with Gasteiger partial charge in [-0.3, -0.25) is 14.6 Å². The van der Waals surface area contributed by atoms with E-state index in [-0.39, 0.29) is 11.8 Å². The first-order valence-electron chi connectivity index (χ1n) is 11.9. The van der Waals surface area contributed by atoms with Crippen molar-refractivity contribution in [2.24, 2.45) is 5.92 Å². The van der Waals surface area contributed by atoms with Crippen LogP contribution in [0.1, 0.15) is 34.3 Å². The number of rotatable bonds is 6. The Bertz CT molecular complexity index is 1150. The number of amides is 1. The van der Waals surface area contributed by atoms with Crippen molar-refractivity contribution in [1.82, 2.24) is 9.80 Å². The van der Waals surface area contributed by atoms with Gasteiger partial charge in [-0.15, -0.1) is 0 Å². The summed E-state index contributed by atoms with van der Waals surface area (Å²) < 4.78 is 17.2. The Morgan fingerprint density at radius 1 is 0.943 bits per heavy atom. The van der Waals surface area contributed by atoms with E-state index in [1.54, 1.807) is 24.3 Å². The molecule has 1 spiro atoms. The van der Waals surface area contributed by atoms with Crippen molar-refractivity contribution in [2.75, 3.05) is 32.8 Å². The Labute approximate surface area is 204 Å². The second-order valence-electron chi connectivity index (χ2n) is 9.12. The summed E-state index contributed by atoms with van der Waals surface area (Å²) in [5.74, 6) is -2.56. The molecule has 0 atom stereocenters. The van der Waals surface area contributed by atoms with Gasteiger partial charge in [0.2, 0.25) is 0 Å². The van der Waals surface area contributed by atoms with E-state index in [2.05, 4.69) is 4.90 Å². The van der Waals surface area contributed by atoms with Crippen molar-refractivity contribution in [2.45, 2.75) is 25.7 Å². The number of fused-ring (bicyclic) bond motifs is 2. The third kappa shape index (κ3) is 4.53. The number of benzene rings is 2. The molecule has 8 nitrogen and oxygen atoms in total. The SMILES string of the molecule is Cc1ccccc1OCCN1CCC(CN2C(=O)c3ccccc3C23OC(=O)C=CC(=O)O3)CC1. The van der Waals surface area contributed by atoms with E-state index in [4.69, 9.17) is 14.2 Å². The number of ether oxygens (including phenoxy) is 3. The van der Waals surface area contributed by atoms with Gasteiger partial charge >= 0.3 is 17.8 Å². The molecule has 2 aromatic rings. The summed E-state index contributed by atoms with van der Waals surface area (Å²) in [4.78, 5) is 41.7. The lowest BCUT2D eigenvalue weighted by molar-refractivity contribution is -0.275. The van der Waals surface area contributed by atoms with Crippen LogP contribution in [-0.2, 0) is 25.0 Å². The fraction of sp³-hybridized carbons (Fsp3) is 0.370. The van der Waals surface area contributed by atoms with Crippen molar-refractivity contribution in [1.29, 1.82) is 0 Å². The molecule has 0 aromatic heterocycles. The second kappa shape index (κ2) is 9.54. The molecule has 35 heavy (non-hydrogen) atoms. The lowest BCUT2D eigenvalue weighted by Crippen LogP contribution is -2.52. The lowest BCUT2D eigenvalue weighted by atomic mass is 9.96. The highest BCUT2D eigenvalue weighted by Gasteiger charge is 2.57. The van der Waals surface area contributed by atoms with Crippen LogP contribution >= 0.6 is 0 Å². The van der Waals surface area contributed by atoms with Gasteiger partial charge in [-0.05, 0) is 62.5 Å². The van der Waals surface area contributed by atoms with Crippen molar-refractivity contribution in [3.63, 3.8) is 0 Å². The van der Waals surface area contributed by atoms with Gasteiger partial charge < -0.3 is 14.2 Å². The molecule has 5 rings (SSSR count). The van der Waals surface area contributed by atoms with Gasteiger partial charge in [0.05, 0.1) is 11.1 Å². The van der Waals surface area contributed by atoms with E-state index in [0.29, 0.717) is 24.3 Å². The molecule has 1 fully saturated rings. The zero-order valence-corrected chi connectivity index (χ0v) is 19.6. The summed E-state index contributed by atoms with van der Waals surface area (Å²) >= 11 is 0. The summed E-state index contributed by atoms with van der Waals surface area (Å²) in [6.45, 7) is 5.51. The summed E-state index contributed by atoms with van der Waals surface area (Å²) in [5.41, 5.74) is 1.87. The van der Waals surface area contributed by atoms with Crippen LogP contribution in [0, 0.1) is 12.8 Å². The number of carbonyl (C=O) groups is 3. The first-order chi connectivity index (χ1) is 17.0. The molecule has 1 saturated heterocycles. The molecule has 3 aliphatic heterocycles. The zero-order chi connectivity index (χ0) is 24.4. The van der Waals surface area contributed by atoms with Crippen LogP contribution < -0.4 is 4.74 Å². The molecule has 8 heteroatoms. The lowest BCUT2D eigenvalue weighted by Gasteiger charge is -2.39. The largest absolute Gasteiger partial charge is 0.492 e. The normalized spacial score (nSPS) is 19.9. The Morgan fingerprint density at radius 2 is 1.60 bits per heavy atom. The van der Waals surface area contributed by atoms with Gasteiger partial charge in [0.15, 0.2) is 0 Å². The molecule has 0 unspecified atom stereocenters. The van der Waals surface area contributed by atoms with Crippen LogP contribution in [0.25, 0.3) is 0 Å². The second-order valence-corrected chi connectivity index (χ2v) is 9.12. The number of para-hydroxylation sites is 1. The third-order valence-corrected chi connectivity index (χ3v) is 6.84. The van der Waals surface area contributed by atoms with Gasteiger partial charge in [-0.1, -0.05) is 30.3 Å². The van der Waals surface area contributed by atoms with E-state index in [1.807, 2.05) is 31.2 Å². The fourth-order valence-electron chi connectivity index (χ4n) is 4.94. The van der Waals surface area contributed by atoms with Crippen LogP contribution in [-0.4, -0.2) is 60.4 Å². The Morgan fingerprint density at radius 3 is 2.31 bits per heavy atom. The minimum absolute atomic E-state index is 0.173. The van der Waals surface area contributed by atoms with Crippen molar-refractivity contribution in [3.8, 4) is 5.75 Å². The number of carbonyl (C=O) groups excluding carboxylic acids is 3. The molecule has 3 heterocycles. The first kappa shape index (κ1) is 23.1. The van der Waals surface area contributed by atoms with Crippen molar-refractivity contribution < 1.29 is 28.6 Å². The van der Waals surface area contributed by atoms with E-state index >= 15 is 0 Å². The van der Waals surface area contributed by atoms with E-state index in [0.717, 1.165) is 55.9 Å². The number of nitrogens with zero attached hydrogens (tertiary/aromatic N) is 2. The van der Waals surface area contributed by atoms with Gasteiger partial charge in [-0.2, -0.15) is 0 Å². The van der Waals surface area contributed by atoms with E-state index in [9.17, 15) is 14.4 Å². The number of esters is 2. The smallest absolute Gasteiger partial charge is 0.375 e. The number of likely N-dealkylation sites (tertiary alicyclic amines) is 1. The minimum atomic E-state index is -1.87. The molecule has 0 saturated carbocycles. The highest BCUT2D eigenvalue weighted by Crippen LogP contribution is 2.43. The third-order valence-electron chi connectivity index (χ3n) is 6.84. The zero-order valence-electron chi connectivity index (χ0n) is 19.6. The van der Waals surface area contributed by atoms with Gasteiger partial charge in [0.25, 0.3) is 5.91 Å². The average molecular weight is 477 g/mol. The van der Waals surface area contributed by atoms with Crippen LogP contribution in [0.15, 0.2) is 60.7 Å². The van der Waals surface area contributed by atoms with Crippen molar-refractivity contribution >= 4 is 17.8 Å². The molecule has 0 radical (unpaired) electrons. The summed E-state index contributed by atoms with van der Waals surface area (Å²) in [5, 5.41) is 0. The topological polar surface area (TPSA) is 85.4 Å². The van der Waals surface area contributed by atoms with Crippen LogP contribution in [0.2, 0.25) is 0 Å². The van der Waals surface area contributed by atoms with Gasteiger partial charge in [0, 0.05) is 25.2 Å². The Hall–Kier alpha value is -3.65. The molecule has 0 N–H and O–H groups in total. The molecular weight excluding hydrogens is 448 g/mol. The average Bonchev–Trinajstić information content (AvgIpc) is 2.97. The standard InChI is InChI=1S/C27H28N2O6/c1-19-6-2-5-9-23(19)33-17-16-28-14-12-20(13-15-28)18-29-26(32)21-7-3-4-8-22(21)27(29)34-24(30)10-11-25(31)35-27/h2-11,20H,12-18H2,1H3. The maximum Gasteiger partial charge on any atom is 0.375 e. The van der Waals surface area contributed by atoms with Gasteiger partial charge in [-0.25, -0.2) is 9.59 Å². The number of aryl methyl sites for hydroxylation is 1. The van der Waals surface area contributed by atoms with Crippen LogP contribution in [0.5, 0.6) is 5.75 Å². The molecule has 2 aromatic carbocycles. The Balaban J connectivity index is 1.23. The molecule has 0 aliphatic carbocycles. The predicted octanol–water partition coefficient (Wildman–Crippen LogP) is 3.01. The van der Waals surface area contributed by atoms with Crippen molar-refractivity contribution in [3.05, 3.63) is 77.4 Å². The predicted molar refractivity (Wildman–Crippen MR) is 126 cm³/mol. The van der Waals surface area contributed by atoms with Crippen LogP contribution in [0.4, 0.5) is 0 Å². The molecule has 3 aliphatic rings.